The highest BCUT2D eigenvalue weighted by Gasteiger charge is 2.05. The Kier molecular flexibility index (Phi) is 7.49. The molecule has 2 aromatic carbocycles. The molecule has 0 atom stereocenters. The number of rotatable bonds is 9. The lowest BCUT2D eigenvalue weighted by Gasteiger charge is -2.12. The molecule has 0 saturated heterocycles. The molecule has 7 heteroatoms. The molecular weight excluding hydrogens is 346 g/mol. The lowest BCUT2D eigenvalue weighted by molar-refractivity contribution is 0.240. The second kappa shape index (κ2) is 10.1. The van der Waals surface area contributed by atoms with E-state index in [1.165, 1.54) is 17.3 Å². The summed E-state index contributed by atoms with van der Waals surface area (Å²) in [4.78, 5) is 10.6. The van der Waals surface area contributed by atoms with Crippen molar-refractivity contribution in [3.05, 3.63) is 53.1 Å². The van der Waals surface area contributed by atoms with Crippen molar-refractivity contribution in [2.45, 2.75) is 20.3 Å². The first kappa shape index (κ1) is 20.1. The van der Waals surface area contributed by atoms with E-state index in [9.17, 15) is 4.79 Å². The average molecular weight is 371 g/mol. The molecule has 0 aliphatic heterocycles. The molecule has 0 radical (unpaired) electrons. The number of urea groups is 1. The summed E-state index contributed by atoms with van der Waals surface area (Å²) in [6.07, 6.45) is 2.20. The quantitative estimate of drug-likeness (QED) is 0.402. The van der Waals surface area contributed by atoms with Crippen molar-refractivity contribution >= 4 is 12.2 Å². The molecule has 3 N–H and O–H groups in total. The topological polar surface area (TPSA) is 95.2 Å². The lowest BCUT2D eigenvalue weighted by Crippen LogP contribution is -2.24. The van der Waals surface area contributed by atoms with Gasteiger partial charge in [0.1, 0.15) is 5.75 Å². The van der Waals surface area contributed by atoms with Crippen molar-refractivity contribution in [1.82, 2.24) is 5.43 Å². The summed E-state index contributed by atoms with van der Waals surface area (Å²) in [6, 6.07) is 10.7. The fourth-order valence-corrected chi connectivity index (χ4v) is 2.29. The molecular formula is C20H25N3O4. The van der Waals surface area contributed by atoms with Crippen LogP contribution >= 0.6 is 0 Å². The second-order valence-corrected chi connectivity index (χ2v) is 5.94. The Hall–Kier alpha value is -3.22. The fourth-order valence-electron chi connectivity index (χ4n) is 2.29. The Morgan fingerprint density at radius 1 is 1.07 bits per heavy atom. The third kappa shape index (κ3) is 6.54. The number of nitrogens with zero attached hydrogens (tertiary/aromatic N) is 1. The number of benzene rings is 2. The maximum absolute atomic E-state index is 10.6. The van der Waals surface area contributed by atoms with Gasteiger partial charge >= 0.3 is 6.03 Å². The van der Waals surface area contributed by atoms with Crippen LogP contribution in [0.2, 0.25) is 0 Å². The summed E-state index contributed by atoms with van der Waals surface area (Å²) >= 11 is 0. The molecule has 0 spiro atoms. The number of nitrogens with two attached hydrogens (primary N) is 1. The molecule has 144 valence electrons. The Morgan fingerprint density at radius 2 is 1.85 bits per heavy atom. The Bertz CT molecular complexity index is 806. The number of hydrazone groups is 1. The molecule has 0 aromatic heterocycles. The summed E-state index contributed by atoms with van der Waals surface area (Å²) in [5.41, 5.74) is 10.3. The zero-order valence-electron chi connectivity index (χ0n) is 15.8. The van der Waals surface area contributed by atoms with Gasteiger partial charge in [-0.3, -0.25) is 0 Å². The number of amides is 2. The van der Waals surface area contributed by atoms with E-state index in [4.69, 9.17) is 19.9 Å². The summed E-state index contributed by atoms with van der Waals surface area (Å²) in [7, 11) is 1.56. The van der Waals surface area contributed by atoms with Gasteiger partial charge in [-0.05, 0) is 60.9 Å². The fraction of sp³-hybridized carbons (Fsp3) is 0.300. The van der Waals surface area contributed by atoms with Gasteiger partial charge in [0.25, 0.3) is 0 Å². The highest BCUT2D eigenvalue weighted by atomic mass is 16.5. The summed E-state index contributed by atoms with van der Waals surface area (Å²) < 4.78 is 16.8. The van der Waals surface area contributed by atoms with Gasteiger partial charge in [-0.25, -0.2) is 10.2 Å². The standard InChI is InChI=1S/C20H25N3O4/c1-14-5-7-17(11-15(14)2)26-9-4-10-27-18-8-6-16(12-19(18)25-3)13-22-23-20(21)24/h5-8,11-13H,4,9-10H2,1-3H3,(H3,21,23,24). The zero-order chi connectivity index (χ0) is 19.6. The van der Waals surface area contributed by atoms with Crippen LogP contribution in [0.3, 0.4) is 0 Å². The molecule has 0 fully saturated rings. The van der Waals surface area contributed by atoms with Crippen molar-refractivity contribution < 1.29 is 19.0 Å². The first-order valence-electron chi connectivity index (χ1n) is 8.59. The smallest absolute Gasteiger partial charge is 0.332 e. The van der Waals surface area contributed by atoms with E-state index >= 15 is 0 Å². The monoisotopic (exact) mass is 371 g/mol. The van der Waals surface area contributed by atoms with Crippen LogP contribution in [0.5, 0.6) is 17.2 Å². The van der Waals surface area contributed by atoms with E-state index in [1.54, 1.807) is 25.3 Å². The number of carbonyl (C=O) groups excluding carboxylic acids is 1. The molecule has 2 rings (SSSR count). The van der Waals surface area contributed by atoms with Crippen molar-refractivity contribution in [3.8, 4) is 17.2 Å². The zero-order valence-corrected chi connectivity index (χ0v) is 15.8. The number of hydrogen-bond acceptors (Lipinski definition) is 5. The number of nitrogens with one attached hydrogen (secondary N) is 1. The minimum absolute atomic E-state index is 0.498. The molecule has 7 nitrogen and oxygen atoms in total. The molecule has 0 bridgehead atoms. The van der Waals surface area contributed by atoms with Crippen LogP contribution < -0.4 is 25.4 Å². The van der Waals surface area contributed by atoms with Gasteiger partial charge in [-0.1, -0.05) is 6.07 Å². The van der Waals surface area contributed by atoms with E-state index in [2.05, 4.69) is 30.4 Å². The normalized spacial score (nSPS) is 10.6. The molecule has 0 unspecified atom stereocenters. The highest BCUT2D eigenvalue weighted by Crippen LogP contribution is 2.27. The van der Waals surface area contributed by atoms with Crippen molar-refractivity contribution in [2.24, 2.45) is 10.8 Å². The Morgan fingerprint density at radius 3 is 2.56 bits per heavy atom. The van der Waals surface area contributed by atoms with Crippen LogP contribution in [-0.2, 0) is 0 Å². The average Bonchev–Trinajstić information content (AvgIpc) is 2.64. The second-order valence-electron chi connectivity index (χ2n) is 5.94. The van der Waals surface area contributed by atoms with Crippen LogP contribution in [0.1, 0.15) is 23.1 Å². The van der Waals surface area contributed by atoms with Gasteiger partial charge < -0.3 is 19.9 Å². The molecule has 2 amide bonds. The van der Waals surface area contributed by atoms with Crippen molar-refractivity contribution in [3.63, 3.8) is 0 Å². The van der Waals surface area contributed by atoms with Gasteiger partial charge in [-0.2, -0.15) is 5.10 Å². The van der Waals surface area contributed by atoms with Crippen LogP contribution in [0.15, 0.2) is 41.5 Å². The predicted octanol–water partition coefficient (Wildman–Crippen LogP) is 3.16. The lowest BCUT2D eigenvalue weighted by atomic mass is 10.1. The molecule has 0 aliphatic carbocycles. The largest absolute Gasteiger partial charge is 0.493 e. The van der Waals surface area contributed by atoms with E-state index in [0.29, 0.717) is 24.7 Å². The highest BCUT2D eigenvalue weighted by molar-refractivity contribution is 5.82. The molecule has 0 heterocycles. The summed E-state index contributed by atoms with van der Waals surface area (Å²) in [5, 5.41) is 3.71. The SMILES string of the molecule is COc1cc(C=NNC(N)=O)ccc1OCCCOc1ccc(C)c(C)c1. The maximum Gasteiger partial charge on any atom is 0.332 e. The third-order valence-electron chi connectivity index (χ3n) is 3.87. The van der Waals surface area contributed by atoms with Crippen LogP contribution in [-0.4, -0.2) is 32.6 Å². The molecule has 0 saturated carbocycles. The predicted molar refractivity (Wildman–Crippen MR) is 105 cm³/mol. The van der Waals surface area contributed by atoms with Crippen molar-refractivity contribution in [2.75, 3.05) is 20.3 Å². The van der Waals surface area contributed by atoms with Crippen LogP contribution in [0.4, 0.5) is 4.79 Å². The van der Waals surface area contributed by atoms with E-state index < -0.39 is 6.03 Å². The molecule has 27 heavy (non-hydrogen) atoms. The number of methoxy groups -OCH3 is 1. The Labute approximate surface area is 159 Å². The van der Waals surface area contributed by atoms with E-state index in [0.717, 1.165) is 17.7 Å². The van der Waals surface area contributed by atoms with Gasteiger partial charge in [0.05, 0.1) is 26.5 Å². The minimum atomic E-state index is -0.721. The third-order valence-corrected chi connectivity index (χ3v) is 3.87. The minimum Gasteiger partial charge on any atom is -0.493 e. The summed E-state index contributed by atoms with van der Waals surface area (Å²) in [5.74, 6) is 2.07. The number of primary amides is 1. The number of carbonyl (C=O) groups is 1. The first-order chi connectivity index (χ1) is 13.0. The van der Waals surface area contributed by atoms with Gasteiger partial charge in [-0.15, -0.1) is 0 Å². The van der Waals surface area contributed by atoms with Crippen LogP contribution in [0, 0.1) is 13.8 Å². The first-order valence-corrected chi connectivity index (χ1v) is 8.59. The van der Waals surface area contributed by atoms with Crippen molar-refractivity contribution in [1.29, 1.82) is 0 Å². The van der Waals surface area contributed by atoms with Gasteiger partial charge in [0, 0.05) is 6.42 Å². The number of hydrogen-bond donors (Lipinski definition) is 2. The van der Waals surface area contributed by atoms with Crippen LogP contribution in [0.25, 0.3) is 0 Å². The van der Waals surface area contributed by atoms with Gasteiger partial charge in [0.15, 0.2) is 11.5 Å². The number of ether oxygens (including phenoxy) is 3. The molecule has 2 aromatic rings. The maximum atomic E-state index is 10.6. The summed E-state index contributed by atoms with van der Waals surface area (Å²) in [6.45, 7) is 5.20. The van der Waals surface area contributed by atoms with E-state index in [1.807, 2.05) is 12.1 Å². The Balaban J connectivity index is 1.81. The number of aryl methyl sites for hydroxylation is 2. The van der Waals surface area contributed by atoms with E-state index in [-0.39, 0.29) is 0 Å². The molecule has 0 aliphatic rings. The van der Waals surface area contributed by atoms with Gasteiger partial charge in [0.2, 0.25) is 0 Å².